The average Bonchev–Trinajstić information content (AvgIpc) is 3.12. The molecule has 2 aromatic rings. The van der Waals surface area contributed by atoms with E-state index in [2.05, 4.69) is 32.3 Å². The van der Waals surface area contributed by atoms with Gasteiger partial charge in [-0.05, 0) is 31.0 Å². The summed E-state index contributed by atoms with van der Waals surface area (Å²) >= 11 is 1.66. The van der Waals surface area contributed by atoms with Gasteiger partial charge in [-0.2, -0.15) is 8.78 Å². The number of halogens is 2. The van der Waals surface area contributed by atoms with Crippen molar-refractivity contribution in [3.8, 4) is 11.5 Å². The Kier molecular flexibility index (Phi) is 8.25. The van der Waals surface area contributed by atoms with Crippen molar-refractivity contribution in [2.75, 3.05) is 13.7 Å². The number of guanidine groups is 1. The summed E-state index contributed by atoms with van der Waals surface area (Å²) < 4.78 is 34.6. The maximum absolute atomic E-state index is 12.5. The highest BCUT2D eigenvalue weighted by atomic mass is 32.1. The summed E-state index contributed by atoms with van der Waals surface area (Å²) in [5, 5.41) is 7.36. The molecule has 27 heavy (non-hydrogen) atoms. The molecule has 0 saturated heterocycles. The van der Waals surface area contributed by atoms with Crippen LogP contribution in [-0.2, 0) is 19.5 Å². The number of aliphatic imine (C=N–C) groups is 1. The predicted octanol–water partition coefficient (Wildman–Crippen LogP) is 3.57. The molecule has 0 unspecified atom stereocenters. The van der Waals surface area contributed by atoms with Crippen molar-refractivity contribution in [3.63, 3.8) is 0 Å². The zero-order chi connectivity index (χ0) is 19.6. The molecule has 2 rings (SSSR count). The Hall–Kier alpha value is -2.42. The van der Waals surface area contributed by atoms with Gasteiger partial charge in [-0.1, -0.05) is 13.0 Å². The number of thiazole rings is 1. The van der Waals surface area contributed by atoms with Crippen molar-refractivity contribution in [3.05, 3.63) is 39.8 Å². The van der Waals surface area contributed by atoms with Crippen LogP contribution in [0, 0.1) is 0 Å². The lowest BCUT2D eigenvalue weighted by molar-refractivity contribution is -0.0512. The van der Waals surface area contributed by atoms with Crippen LogP contribution in [-0.4, -0.2) is 31.2 Å². The second-order valence-corrected chi connectivity index (χ2v) is 6.69. The van der Waals surface area contributed by atoms with Gasteiger partial charge in [0, 0.05) is 17.6 Å². The van der Waals surface area contributed by atoms with E-state index in [0.717, 1.165) is 17.0 Å². The monoisotopic (exact) mass is 398 g/mol. The first-order chi connectivity index (χ1) is 13.0. The number of hydrogen-bond acceptors (Lipinski definition) is 5. The molecule has 0 saturated carbocycles. The molecule has 9 heteroatoms. The fourth-order valence-corrected chi connectivity index (χ4v) is 3.07. The van der Waals surface area contributed by atoms with Gasteiger partial charge in [0.2, 0.25) is 0 Å². The van der Waals surface area contributed by atoms with Crippen LogP contribution in [0.25, 0.3) is 0 Å². The Balaban J connectivity index is 2.04. The van der Waals surface area contributed by atoms with Crippen LogP contribution in [0.1, 0.15) is 29.3 Å². The summed E-state index contributed by atoms with van der Waals surface area (Å²) in [7, 11) is 1.40. The van der Waals surface area contributed by atoms with Gasteiger partial charge in [0.15, 0.2) is 17.5 Å². The first kappa shape index (κ1) is 20.9. The van der Waals surface area contributed by atoms with Gasteiger partial charge in [0.05, 0.1) is 20.2 Å². The molecule has 0 spiro atoms. The molecule has 6 nitrogen and oxygen atoms in total. The normalized spacial score (nSPS) is 11.6. The van der Waals surface area contributed by atoms with Crippen molar-refractivity contribution in [2.45, 2.75) is 40.0 Å². The predicted molar refractivity (Wildman–Crippen MR) is 103 cm³/mol. The zero-order valence-electron chi connectivity index (χ0n) is 15.6. The molecule has 1 heterocycles. The van der Waals surface area contributed by atoms with Crippen LogP contribution < -0.4 is 20.1 Å². The molecule has 1 aromatic carbocycles. The second kappa shape index (κ2) is 10.7. The molecule has 0 aliphatic rings. The summed E-state index contributed by atoms with van der Waals surface area (Å²) in [4.78, 5) is 10.1. The highest BCUT2D eigenvalue weighted by Crippen LogP contribution is 2.29. The van der Waals surface area contributed by atoms with Gasteiger partial charge in [-0.15, -0.1) is 11.3 Å². The van der Waals surface area contributed by atoms with Crippen LogP contribution in [0.15, 0.2) is 29.4 Å². The van der Waals surface area contributed by atoms with E-state index < -0.39 is 6.61 Å². The van der Waals surface area contributed by atoms with E-state index in [1.54, 1.807) is 23.5 Å². The largest absolute Gasteiger partial charge is 0.493 e. The number of alkyl halides is 2. The minimum atomic E-state index is -2.91. The van der Waals surface area contributed by atoms with Crippen LogP contribution in [0.5, 0.6) is 11.5 Å². The fraction of sp³-hybridized carbons (Fsp3) is 0.444. The summed E-state index contributed by atoms with van der Waals surface area (Å²) in [5.41, 5.74) is 0.728. The highest BCUT2D eigenvalue weighted by molar-refractivity contribution is 7.11. The van der Waals surface area contributed by atoms with Crippen LogP contribution in [0.4, 0.5) is 8.78 Å². The van der Waals surface area contributed by atoms with Crippen molar-refractivity contribution in [1.82, 2.24) is 15.6 Å². The topological polar surface area (TPSA) is 67.8 Å². The Morgan fingerprint density at radius 3 is 2.70 bits per heavy atom. The van der Waals surface area contributed by atoms with E-state index in [9.17, 15) is 8.78 Å². The molecule has 148 valence electrons. The number of methoxy groups -OCH3 is 1. The molecule has 1 aromatic heterocycles. The van der Waals surface area contributed by atoms with Gasteiger partial charge in [-0.3, -0.25) is 0 Å². The second-order valence-electron chi connectivity index (χ2n) is 5.49. The number of nitrogens with zero attached hydrogens (tertiary/aromatic N) is 2. The minimum absolute atomic E-state index is 0.00644. The number of aryl methyl sites for hydroxylation is 1. The van der Waals surface area contributed by atoms with Crippen LogP contribution >= 0.6 is 11.3 Å². The minimum Gasteiger partial charge on any atom is -0.493 e. The Labute approximate surface area is 161 Å². The maximum atomic E-state index is 12.5. The summed E-state index contributed by atoms with van der Waals surface area (Å²) in [5.74, 6) is 0.870. The van der Waals surface area contributed by atoms with Crippen molar-refractivity contribution in [2.24, 2.45) is 4.99 Å². The first-order valence-corrected chi connectivity index (χ1v) is 9.44. The molecule has 2 N–H and O–H groups in total. The standard InChI is InChI=1S/C18H24F2N4O2S/c1-4-13-10-22-16(27-13)11-24-18(21-5-2)23-9-12-6-7-14(25-3)15(8-12)26-17(19)20/h6-8,10,17H,4-5,9,11H2,1-3H3,(H2,21,23,24). The third-order valence-electron chi connectivity index (χ3n) is 3.57. The fourth-order valence-electron chi connectivity index (χ4n) is 2.27. The Bertz CT molecular complexity index is 753. The number of nitrogens with one attached hydrogen (secondary N) is 2. The summed E-state index contributed by atoms with van der Waals surface area (Å²) in [6, 6.07) is 4.86. The molecule has 0 fully saturated rings. The number of ether oxygens (including phenoxy) is 2. The van der Waals surface area contributed by atoms with Gasteiger partial charge in [0.25, 0.3) is 0 Å². The molecular weight excluding hydrogens is 374 g/mol. The van der Waals surface area contributed by atoms with Crippen molar-refractivity contribution < 1.29 is 18.3 Å². The van der Waals surface area contributed by atoms with Gasteiger partial charge in [-0.25, -0.2) is 9.98 Å². The smallest absolute Gasteiger partial charge is 0.387 e. The summed E-state index contributed by atoms with van der Waals surface area (Å²) in [6.45, 7) is 2.72. The number of aromatic nitrogens is 1. The third-order valence-corrected chi connectivity index (χ3v) is 4.71. The molecular formula is C18H24F2N4O2S. The van der Waals surface area contributed by atoms with Gasteiger partial charge < -0.3 is 20.1 Å². The Morgan fingerprint density at radius 1 is 1.26 bits per heavy atom. The van der Waals surface area contributed by atoms with Crippen molar-refractivity contribution in [1.29, 1.82) is 0 Å². The highest BCUT2D eigenvalue weighted by Gasteiger charge is 2.11. The SMILES string of the molecule is CCNC(=NCc1ccc(OC)c(OC(F)F)c1)NCc1ncc(CC)s1. The third kappa shape index (κ3) is 6.67. The number of benzene rings is 1. The molecule has 0 aliphatic carbocycles. The molecule has 0 amide bonds. The number of hydrogen-bond donors (Lipinski definition) is 2. The molecule has 0 bridgehead atoms. The molecule has 0 aliphatic heterocycles. The lowest BCUT2D eigenvalue weighted by Crippen LogP contribution is -2.36. The van der Waals surface area contributed by atoms with Gasteiger partial charge >= 0.3 is 6.61 Å². The number of rotatable bonds is 9. The molecule has 0 radical (unpaired) electrons. The van der Waals surface area contributed by atoms with E-state index in [0.29, 0.717) is 25.6 Å². The zero-order valence-corrected chi connectivity index (χ0v) is 16.4. The lowest BCUT2D eigenvalue weighted by Gasteiger charge is -2.12. The van der Waals surface area contributed by atoms with Crippen molar-refractivity contribution >= 4 is 17.3 Å². The average molecular weight is 398 g/mol. The quantitative estimate of drug-likeness (QED) is 0.499. The van der Waals surface area contributed by atoms with Crippen LogP contribution in [0.2, 0.25) is 0 Å². The van der Waals surface area contributed by atoms with E-state index in [1.807, 2.05) is 13.1 Å². The van der Waals surface area contributed by atoms with Crippen LogP contribution in [0.3, 0.4) is 0 Å². The van der Waals surface area contributed by atoms with E-state index in [4.69, 9.17) is 4.74 Å². The van der Waals surface area contributed by atoms with E-state index in [-0.39, 0.29) is 11.5 Å². The molecule has 0 atom stereocenters. The first-order valence-electron chi connectivity index (χ1n) is 8.63. The Morgan fingerprint density at radius 2 is 2.07 bits per heavy atom. The van der Waals surface area contributed by atoms with Gasteiger partial charge in [0.1, 0.15) is 5.01 Å². The van der Waals surface area contributed by atoms with E-state index >= 15 is 0 Å². The lowest BCUT2D eigenvalue weighted by atomic mass is 10.2. The maximum Gasteiger partial charge on any atom is 0.387 e. The van der Waals surface area contributed by atoms with E-state index in [1.165, 1.54) is 18.1 Å². The summed E-state index contributed by atoms with van der Waals surface area (Å²) in [6.07, 6.45) is 2.85.